The standard InChI is InChI=1S/C67H110O5/c1-4-7-10-13-16-19-22-25-28-31-33-35-38-41-44-47-50-53-56-59-62-70-63-65(72-67(69)61-58-55-52-49-46-43-40-36-30-27-24-21-18-15-12-9-6-3)64-71-66(68)60-57-54-51-48-45-42-39-37-34-32-29-26-23-20-17-14-11-8-5-2/h8-9,11-12,17-18,20-21,25-30,34,37,40,42-43,45,51,54,65H,4-7,10,13-16,19,22-24,31-33,35-36,38-39,41,44,46-50,52-53,55-64H2,1-3H3/b11-8-,12-9-,20-17-,21-18-,28-25-,29-26-,30-27-,37-34-,43-40-,45-42-,54-51-. The summed E-state index contributed by atoms with van der Waals surface area (Å²) in [4.78, 5) is 25.5. The molecule has 0 rings (SSSR count). The molecule has 5 heteroatoms. The van der Waals surface area contributed by atoms with Crippen LogP contribution in [0.4, 0.5) is 0 Å². The molecule has 0 aromatic carbocycles. The molecule has 0 saturated heterocycles. The molecule has 0 aliphatic rings. The summed E-state index contributed by atoms with van der Waals surface area (Å²) in [6.45, 7) is 7.49. The van der Waals surface area contributed by atoms with Gasteiger partial charge in [0, 0.05) is 19.4 Å². The normalized spacial score (nSPS) is 13.2. The first kappa shape index (κ1) is 68.0. The largest absolute Gasteiger partial charge is 0.462 e. The average molecular weight is 996 g/mol. The van der Waals surface area contributed by atoms with Gasteiger partial charge < -0.3 is 14.2 Å². The molecule has 0 aliphatic heterocycles. The summed E-state index contributed by atoms with van der Waals surface area (Å²) < 4.78 is 17.4. The van der Waals surface area contributed by atoms with Gasteiger partial charge in [0.25, 0.3) is 0 Å². The first-order valence-electron chi connectivity index (χ1n) is 29.7. The van der Waals surface area contributed by atoms with Crippen molar-refractivity contribution in [3.05, 3.63) is 134 Å². The van der Waals surface area contributed by atoms with Crippen molar-refractivity contribution in [2.75, 3.05) is 19.8 Å². The Kier molecular flexibility index (Phi) is 58.0. The lowest BCUT2D eigenvalue weighted by Crippen LogP contribution is -2.30. The highest BCUT2D eigenvalue weighted by molar-refractivity contribution is 5.70. The number of carbonyl (C=O) groups is 2. The fraction of sp³-hybridized carbons (Fsp3) is 0.642. The number of carbonyl (C=O) groups excluding carboxylic acids is 2. The molecule has 0 amide bonds. The van der Waals surface area contributed by atoms with Gasteiger partial charge in [-0.25, -0.2) is 0 Å². The second-order valence-electron chi connectivity index (χ2n) is 19.1. The van der Waals surface area contributed by atoms with E-state index in [1.807, 2.05) is 6.08 Å². The Morgan fingerprint density at radius 1 is 0.319 bits per heavy atom. The van der Waals surface area contributed by atoms with Crippen LogP contribution >= 0.6 is 0 Å². The van der Waals surface area contributed by atoms with Gasteiger partial charge in [0.2, 0.25) is 0 Å². The van der Waals surface area contributed by atoms with Crippen LogP contribution in [0.2, 0.25) is 0 Å². The van der Waals surface area contributed by atoms with Crippen molar-refractivity contribution >= 4 is 11.9 Å². The molecule has 0 aromatic heterocycles. The summed E-state index contributed by atoms with van der Waals surface area (Å²) in [7, 11) is 0. The molecule has 408 valence electrons. The van der Waals surface area contributed by atoms with Crippen molar-refractivity contribution in [3.8, 4) is 0 Å². The second kappa shape index (κ2) is 61.3. The van der Waals surface area contributed by atoms with Gasteiger partial charge in [-0.05, 0) is 122 Å². The summed E-state index contributed by atoms with van der Waals surface area (Å²) >= 11 is 0. The fourth-order valence-electron chi connectivity index (χ4n) is 7.82. The molecule has 0 aromatic rings. The van der Waals surface area contributed by atoms with Crippen molar-refractivity contribution in [1.29, 1.82) is 0 Å². The number of unbranched alkanes of at least 4 members (excludes halogenated alkanes) is 20. The summed E-state index contributed by atoms with van der Waals surface area (Å²) in [5.74, 6) is -0.526. The van der Waals surface area contributed by atoms with Crippen LogP contribution in [-0.4, -0.2) is 37.9 Å². The summed E-state index contributed by atoms with van der Waals surface area (Å²) in [6, 6.07) is 0. The van der Waals surface area contributed by atoms with Gasteiger partial charge in [0.15, 0.2) is 6.10 Å². The molecule has 1 atom stereocenters. The number of hydrogen-bond acceptors (Lipinski definition) is 5. The van der Waals surface area contributed by atoms with Crippen LogP contribution in [0.1, 0.15) is 252 Å². The van der Waals surface area contributed by atoms with E-state index in [1.165, 1.54) is 103 Å². The Morgan fingerprint density at radius 3 is 1.07 bits per heavy atom. The molecular formula is C67H110O5. The van der Waals surface area contributed by atoms with Crippen LogP contribution in [0.3, 0.4) is 0 Å². The Balaban J connectivity index is 4.44. The van der Waals surface area contributed by atoms with E-state index in [2.05, 4.69) is 148 Å². The van der Waals surface area contributed by atoms with Gasteiger partial charge in [-0.2, -0.15) is 0 Å². The molecule has 0 spiro atoms. The van der Waals surface area contributed by atoms with Crippen LogP contribution in [0.15, 0.2) is 134 Å². The Hall–Kier alpha value is -3.96. The zero-order valence-electron chi connectivity index (χ0n) is 46.9. The van der Waals surface area contributed by atoms with E-state index in [0.717, 1.165) is 109 Å². The molecule has 0 radical (unpaired) electrons. The first-order chi connectivity index (χ1) is 35.6. The predicted octanol–water partition coefficient (Wildman–Crippen LogP) is 20.7. The summed E-state index contributed by atoms with van der Waals surface area (Å²) in [5, 5.41) is 0. The molecule has 0 fully saturated rings. The fourth-order valence-corrected chi connectivity index (χ4v) is 7.82. The molecular weight excluding hydrogens is 885 g/mol. The quantitative estimate of drug-likeness (QED) is 0.0345. The van der Waals surface area contributed by atoms with Gasteiger partial charge in [-0.15, -0.1) is 0 Å². The van der Waals surface area contributed by atoms with Gasteiger partial charge in [-0.3, -0.25) is 9.59 Å². The second-order valence-corrected chi connectivity index (χ2v) is 19.1. The number of ether oxygens (including phenoxy) is 3. The Bertz CT molecular complexity index is 1500. The minimum atomic E-state index is -0.591. The van der Waals surface area contributed by atoms with E-state index in [9.17, 15) is 9.59 Å². The van der Waals surface area contributed by atoms with E-state index in [0.29, 0.717) is 25.9 Å². The predicted molar refractivity (Wildman–Crippen MR) is 315 cm³/mol. The lowest BCUT2D eigenvalue weighted by Gasteiger charge is -2.18. The van der Waals surface area contributed by atoms with Crippen molar-refractivity contribution in [2.45, 2.75) is 258 Å². The third-order valence-corrected chi connectivity index (χ3v) is 12.2. The molecule has 0 saturated carbocycles. The highest BCUT2D eigenvalue weighted by Gasteiger charge is 2.17. The number of esters is 2. The van der Waals surface area contributed by atoms with E-state index < -0.39 is 6.10 Å². The maximum atomic E-state index is 12.9. The smallest absolute Gasteiger partial charge is 0.306 e. The monoisotopic (exact) mass is 995 g/mol. The van der Waals surface area contributed by atoms with Crippen LogP contribution in [0.5, 0.6) is 0 Å². The molecule has 0 N–H and O–H groups in total. The molecule has 0 aliphatic carbocycles. The number of hydrogen-bond donors (Lipinski definition) is 0. The van der Waals surface area contributed by atoms with E-state index in [1.54, 1.807) is 0 Å². The Morgan fingerprint density at radius 2 is 0.653 bits per heavy atom. The lowest BCUT2D eigenvalue weighted by atomic mass is 10.1. The van der Waals surface area contributed by atoms with Crippen molar-refractivity contribution in [2.24, 2.45) is 0 Å². The van der Waals surface area contributed by atoms with Crippen molar-refractivity contribution in [3.63, 3.8) is 0 Å². The number of rotatable bonds is 53. The zero-order valence-corrected chi connectivity index (χ0v) is 46.9. The van der Waals surface area contributed by atoms with E-state index in [4.69, 9.17) is 14.2 Å². The molecule has 0 bridgehead atoms. The molecule has 0 heterocycles. The Labute approximate surface area is 445 Å². The molecule has 5 nitrogen and oxygen atoms in total. The van der Waals surface area contributed by atoms with Crippen LogP contribution in [0, 0.1) is 0 Å². The van der Waals surface area contributed by atoms with Gasteiger partial charge >= 0.3 is 11.9 Å². The van der Waals surface area contributed by atoms with Crippen molar-refractivity contribution < 1.29 is 23.8 Å². The maximum Gasteiger partial charge on any atom is 0.306 e. The van der Waals surface area contributed by atoms with Gasteiger partial charge in [0.1, 0.15) is 6.61 Å². The minimum absolute atomic E-state index is 0.0269. The minimum Gasteiger partial charge on any atom is -0.462 e. The maximum absolute atomic E-state index is 12.9. The lowest BCUT2D eigenvalue weighted by molar-refractivity contribution is -0.162. The van der Waals surface area contributed by atoms with E-state index >= 15 is 0 Å². The van der Waals surface area contributed by atoms with Crippen LogP contribution < -0.4 is 0 Å². The SMILES string of the molecule is CC/C=C\C/C=C\C/C=C\C/C=C\C/C=C\C/C=C\CCC(=O)OCC(COCCCCCCCCCCCC/C=C\CCCCCCCC)OC(=O)CCCCCC/C=C\C/C=C\C/C=C\C/C=C\CC. The average Bonchev–Trinajstić information content (AvgIpc) is 3.38. The molecule has 1 unspecified atom stereocenters. The van der Waals surface area contributed by atoms with Crippen molar-refractivity contribution in [1.82, 2.24) is 0 Å². The molecule has 72 heavy (non-hydrogen) atoms. The topological polar surface area (TPSA) is 61.8 Å². The third-order valence-electron chi connectivity index (χ3n) is 12.2. The number of allylic oxidation sites excluding steroid dienone is 22. The highest BCUT2D eigenvalue weighted by atomic mass is 16.6. The van der Waals surface area contributed by atoms with Crippen LogP contribution in [0.25, 0.3) is 0 Å². The van der Waals surface area contributed by atoms with Crippen LogP contribution in [-0.2, 0) is 23.8 Å². The van der Waals surface area contributed by atoms with E-state index in [-0.39, 0.29) is 25.2 Å². The summed E-state index contributed by atoms with van der Waals surface area (Å²) in [5.41, 5.74) is 0. The zero-order chi connectivity index (χ0) is 52.0. The highest BCUT2D eigenvalue weighted by Crippen LogP contribution is 2.14. The first-order valence-corrected chi connectivity index (χ1v) is 29.7. The summed E-state index contributed by atoms with van der Waals surface area (Å²) in [6.07, 6.45) is 87.8. The van der Waals surface area contributed by atoms with Gasteiger partial charge in [-0.1, -0.05) is 251 Å². The third kappa shape index (κ3) is 58.6. The van der Waals surface area contributed by atoms with Gasteiger partial charge in [0.05, 0.1) is 6.61 Å².